The van der Waals surface area contributed by atoms with E-state index in [1.165, 1.54) is 46.1 Å². The molecule has 0 aliphatic carbocycles. The number of unbranched alkanes of at least 4 members (excludes halogenated alkanes) is 1. The van der Waals surface area contributed by atoms with Crippen LogP contribution in [0.4, 0.5) is 0 Å². The van der Waals surface area contributed by atoms with Gasteiger partial charge in [0.1, 0.15) is 28.9 Å². The van der Waals surface area contributed by atoms with E-state index in [4.69, 9.17) is 9.47 Å². The molecular weight excluding hydrogens is 519 g/mol. The molecule has 41 heavy (non-hydrogen) atoms. The van der Waals surface area contributed by atoms with Gasteiger partial charge in [-0.2, -0.15) is 0 Å². The van der Waals surface area contributed by atoms with Crippen molar-refractivity contribution < 1.29 is 9.47 Å². The Morgan fingerprint density at radius 3 is 1.68 bits per heavy atom. The van der Waals surface area contributed by atoms with Gasteiger partial charge in [-0.25, -0.2) is 0 Å². The van der Waals surface area contributed by atoms with Gasteiger partial charge in [-0.3, -0.25) is 0 Å². The fraction of sp³-hybridized carbons (Fsp3) is 0.316. The molecule has 0 heterocycles. The van der Waals surface area contributed by atoms with E-state index >= 15 is 0 Å². The Bertz CT molecular complexity index is 1220. The Balaban J connectivity index is 1.48. The van der Waals surface area contributed by atoms with Gasteiger partial charge < -0.3 is 9.47 Å². The Labute approximate surface area is 248 Å². The summed E-state index contributed by atoms with van der Waals surface area (Å²) in [5.41, 5.74) is 2.53. The smallest absolute Gasteiger partial charge is 0.118 e. The summed E-state index contributed by atoms with van der Waals surface area (Å²) in [6.07, 6.45) is 8.17. The molecule has 0 aliphatic heterocycles. The molecule has 0 unspecified atom stereocenters. The van der Waals surface area contributed by atoms with Crippen LogP contribution in [0.5, 0.6) is 5.75 Å². The molecule has 2 nitrogen and oxygen atoms in total. The highest BCUT2D eigenvalue weighted by Crippen LogP contribution is 2.56. The summed E-state index contributed by atoms with van der Waals surface area (Å²) < 4.78 is 11.9. The van der Waals surface area contributed by atoms with E-state index in [9.17, 15) is 0 Å². The lowest BCUT2D eigenvalue weighted by Gasteiger charge is -2.28. The molecule has 4 rings (SSSR count). The average Bonchev–Trinajstić information content (AvgIpc) is 3.02. The first kappa shape index (κ1) is 30.8. The summed E-state index contributed by atoms with van der Waals surface area (Å²) in [5, 5.41) is 4.40. The van der Waals surface area contributed by atoms with Crippen molar-refractivity contribution in [2.24, 2.45) is 5.92 Å². The molecule has 0 spiro atoms. The molecule has 0 aliphatic rings. The van der Waals surface area contributed by atoms with Crippen LogP contribution in [0.25, 0.3) is 0 Å². The van der Waals surface area contributed by atoms with Gasteiger partial charge in [-0.15, -0.1) is 0 Å². The first-order chi connectivity index (χ1) is 20.0. The topological polar surface area (TPSA) is 18.5 Å². The van der Waals surface area contributed by atoms with Crippen LogP contribution < -0.4 is 20.7 Å². The van der Waals surface area contributed by atoms with E-state index in [0.29, 0.717) is 12.5 Å². The largest absolute Gasteiger partial charge is 0.497 e. The Morgan fingerprint density at radius 2 is 1.22 bits per heavy atom. The zero-order valence-electron chi connectivity index (χ0n) is 25.2. The summed E-state index contributed by atoms with van der Waals surface area (Å²) >= 11 is 0. The van der Waals surface area contributed by atoms with Gasteiger partial charge in [0.05, 0.1) is 26.0 Å². The molecule has 214 valence electrons. The Hall–Kier alpha value is -3.19. The van der Waals surface area contributed by atoms with Crippen LogP contribution in [-0.4, -0.2) is 19.4 Å². The zero-order chi connectivity index (χ0) is 28.9. The molecule has 0 N–H and O–H groups in total. The summed E-state index contributed by atoms with van der Waals surface area (Å²) in [6.45, 7) is 7.34. The highest BCUT2D eigenvalue weighted by atomic mass is 31.2. The number of hydrogen-bond donors (Lipinski definition) is 0. The maximum atomic E-state index is 6.54. The Kier molecular flexibility index (Phi) is 11.8. The van der Waals surface area contributed by atoms with Crippen LogP contribution in [0, 0.1) is 5.92 Å². The van der Waals surface area contributed by atoms with Gasteiger partial charge in [0, 0.05) is 0 Å². The van der Waals surface area contributed by atoms with Crippen molar-refractivity contribution in [1.82, 2.24) is 0 Å². The lowest BCUT2D eigenvalue weighted by molar-refractivity contribution is 0.00487. The van der Waals surface area contributed by atoms with Crippen LogP contribution in [0.3, 0.4) is 0 Å². The molecule has 0 amide bonds. The molecule has 0 fully saturated rings. The monoisotopic (exact) mass is 565 g/mol. The van der Waals surface area contributed by atoms with Gasteiger partial charge >= 0.3 is 0 Å². The number of methoxy groups -OCH3 is 1. The van der Waals surface area contributed by atoms with Gasteiger partial charge in [-0.1, -0.05) is 85.3 Å². The predicted octanol–water partition coefficient (Wildman–Crippen LogP) is 8.74. The number of hydrogen-bond acceptors (Lipinski definition) is 2. The second kappa shape index (κ2) is 15.7. The minimum absolute atomic E-state index is 0.198. The van der Waals surface area contributed by atoms with Crippen molar-refractivity contribution in [3.8, 4) is 5.75 Å². The molecule has 0 radical (unpaired) electrons. The highest BCUT2D eigenvalue weighted by Gasteiger charge is 2.44. The van der Waals surface area contributed by atoms with E-state index in [-0.39, 0.29) is 6.10 Å². The number of rotatable bonds is 15. The van der Waals surface area contributed by atoms with E-state index in [2.05, 4.69) is 130 Å². The third-order valence-corrected chi connectivity index (χ3v) is 12.5. The van der Waals surface area contributed by atoms with Crippen molar-refractivity contribution in [1.29, 1.82) is 0 Å². The predicted molar refractivity (Wildman–Crippen MR) is 179 cm³/mol. The summed E-state index contributed by atoms with van der Waals surface area (Å²) in [5.74, 6) is 1.35. The maximum absolute atomic E-state index is 6.54. The third kappa shape index (κ3) is 8.41. The molecule has 0 bridgehead atoms. The Morgan fingerprint density at radius 1 is 0.707 bits per heavy atom. The molecule has 2 atom stereocenters. The van der Waals surface area contributed by atoms with Crippen molar-refractivity contribution in [2.45, 2.75) is 59.2 Å². The van der Waals surface area contributed by atoms with Crippen molar-refractivity contribution in [2.75, 3.05) is 13.3 Å². The highest BCUT2D eigenvalue weighted by molar-refractivity contribution is 7.95. The minimum atomic E-state index is -1.77. The van der Waals surface area contributed by atoms with E-state index < -0.39 is 7.26 Å². The molecule has 3 heteroatoms. The molecule has 4 aromatic rings. The average molecular weight is 566 g/mol. The summed E-state index contributed by atoms with van der Waals surface area (Å²) in [7, 11) is -0.0707. The van der Waals surface area contributed by atoms with Crippen LogP contribution in [-0.2, 0) is 11.3 Å². The number of benzene rings is 4. The molecule has 0 saturated carbocycles. The van der Waals surface area contributed by atoms with Crippen LogP contribution in [0.2, 0.25) is 0 Å². The summed E-state index contributed by atoms with van der Waals surface area (Å²) in [4.78, 5) is 0. The first-order valence-electron chi connectivity index (χ1n) is 15.0. The molecular formula is C38H46O2P+. The first-order valence-corrected chi connectivity index (χ1v) is 16.9. The molecule has 4 aromatic carbocycles. The van der Waals surface area contributed by atoms with E-state index in [1.807, 2.05) is 12.1 Å². The van der Waals surface area contributed by atoms with E-state index in [0.717, 1.165) is 18.6 Å². The van der Waals surface area contributed by atoms with Crippen molar-refractivity contribution in [3.05, 3.63) is 132 Å². The third-order valence-electron chi connectivity index (χ3n) is 8.01. The molecule has 0 aromatic heterocycles. The SMILES string of the molecule is COc1ccc(CO[C@H](CC=C(C)C)[C@@H](C)CCCC[P+](c2ccccc2)(c2ccccc2)c2ccccc2)cc1. The minimum Gasteiger partial charge on any atom is -0.497 e. The number of ether oxygens (including phenoxy) is 2. The van der Waals surface area contributed by atoms with Gasteiger partial charge in [0.2, 0.25) is 0 Å². The standard InChI is InChI=1S/C38H46O2P/c1-31(2)23-28-38(40-30-33-24-26-34(39-4)27-25-33)32(3)16-14-15-29-41(35-17-8-5-9-18-35,36-19-10-6-11-20-36)37-21-12-7-13-22-37/h5-13,17-27,32,38H,14-16,28-30H2,1-4H3/q+1/t32-,38+/m0/s1. The van der Waals surface area contributed by atoms with Crippen LogP contribution in [0.1, 0.15) is 52.0 Å². The van der Waals surface area contributed by atoms with E-state index in [1.54, 1.807) is 7.11 Å². The summed E-state index contributed by atoms with van der Waals surface area (Å²) in [6, 6.07) is 41.9. The van der Waals surface area contributed by atoms with Gasteiger partial charge in [0.25, 0.3) is 0 Å². The number of allylic oxidation sites excluding steroid dienone is 1. The normalized spacial score (nSPS) is 12.9. The fourth-order valence-corrected chi connectivity index (χ4v) is 10.0. The second-order valence-corrected chi connectivity index (χ2v) is 14.8. The van der Waals surface area contributed by atoms with Gasteiger partial charge in [0.15, 0.2) is 0 Å². The quantitative estimate of drug-likeness (QED) is 0.0815. The van der Waals surface area contributed by atoms with Crippen LogP contribution in [0.15, 0.2) is 127 Å². The fourth-order valence-electron chi connectivity index (χ4n) is 5.62. The van der Waals surface area contributed by atoms with Crippen molar-refractivity contribution in [3.63, 3.8) is 0 Å². The van der Waals surface area contributed by atoms with Crippen molar-refractivity contribution >= 4 is 23.2 Å². The second-order valence-electron chi connectivity index (χ2n) is 11.2. The van der Waals surface area contributed by atoms with Crippen LogP contribution >= 0.6 is 7.26 Å². The van der Waals surface area contributed by atoms with Gasteiger partial charge in [-0.05, 0) is 99.5 Å². The lowest BCUT2D eigenvalue weighted by atomic mass is 9.95. The molecule has 0 saturated heterocycles. The zero-order valence-corrected chi connectivity index (χ0v) is 26.1. The lowest BCUT2D eigenvalue weighted by Crippen LogP contribution is -2.33. The maximum Gasteiger partial charge on any atom is 0.118 e.